The Morgan fingerprint density at radius 1 is 1.09 bits per heavy atom. The van der Waals surface area contributed by atoms with Gasteiger partial charge < -0.3 is 14.0 Å². The van der Waals surface area contributed by atoms with Gasteiger partial charge in [0, 0.05) is 35.1 Å². The number of benzene rings is 2. The average Bonchev–Trinajstić information content (AvgIpc) is 3.27. The van der Waals surface area contributed by atoms with Crippen molar-refractivity contribution in [1.29, 1.82) is 0 Å². The number of likely N-dealkylation sites (N-methyl/N-ethyl adjacent to an activating group) is 1. The second-order valence-corrected chi connectivity index (χ2v) is 7.73. The molecule has 4 aromatic rings. The van der Waals surface area contributed by atoms with Gasteiger partial charge in [-0.1, -0.05) is 28.9 Å². The number of carbonyl (C=O) groups is 1. The Kier molecular flexibility index (Phi) is 6.18. The zero-order valence-electron chi connectivity index (χ0n) is 17.7. The minimum atomic E-state index is -0.292. The first-order chi connectivity index (χ1) is 15.4. The summed E-state index contributed by atoms with van der Waals surface area (Å²) >= 11 is 5.93. The van der Waals surface area contributed by atoms with E-state index < -0.39 is 0 Å². The molecule has 32 heavy (non-hydrogen) atoms. The molecule has 1 amide bonds. The van der Waals surface area contributed by atoms with E-state index in [1.165, 1.54) is 10.6 Å². The minimum Gasteiger partial charge on any atom is -0.334 e. The molecular weight excluding hydrogens is 428 g/mol. The molecule has 0 aliphatic heterocycles. The van der Waals surface area contributed by atoms with Gasteiger partial charge >= 0.3 is 0 Å². The Hall–Kier alpha value is -3.71. The van der Waals surface area contributed by atoms with Crippen molar-refractivity contribution in [3.8, 4) is 22.8 Å². The minimum absolute atomic E-state index is 0.105. The Bertz CT molecular complexity index is 1310. The lowest BCUT2D eigenvalue weighted by Crippen LogP contribution is -2.36. The van der Waals surface area contributed by atoms with E-state index in [9.17, 15) is 9.59 Å². The fraction of sp³-hybridized carbons (Fsp3) is 0.167. The highest BCUT2D eigenvalue weighted by atomic mass is 35.5. The molecule has 8 heteroatoms. The topological polar surface area (TPSA) is 81.2 Å². The van der Waals surface area contributed by atoms with Crippen LogP contribution in [0, 0.1) is 6.92 Å². The highest BCUT2D eigenvalue weighted by molar-refractivity contribution is 6.30. The predicted octanol–water partition coefficient (Wildman–Crippen LogP) is 4.58. The molecule has 2 heterocycles. The molecule has 0 unspecified atom stereocenters. The fourth-order valence-electron chi connectivity index (χ4n) is 3.37. The lowest BCUT2D eigenvalue weighted by Gasteiger charge is -2.22. The maximum absolute atomic E-state index is 13.0. The summed E-state index contributed by atoms with van der Waals surface area (Å²) in [7, 11) is 0. The van der Waals surface area contributed by atoms with Gasteiger partial charge in [0.15, 0.2) is 0 Å². The Balaban J connectivity index is 1.58. The van der Waals surface area contributed by atoms with E-state index in [1.54, 1.807) is 41.4 Å². The molecule has 4 rings (SSSR count). The first-order valence-corrected chi connectivity index (χ1v) is 10.5. The molecular formula is C24H21ClN4O3. The second-order valence-electron chi connectivity index (χ2n) is 7.29. The van der Waals surface area contributed by atoms with Gasteiger partial charge in [0.05, 0.1) is 5.56 Å². The standard InChI is InChI=1S/C24H21ClN4O3/c1-3-29(20-6-4-5-16(2)13-20)22(31)15-28-14-18(9-12-21(28)30)24-26-23(27-32-24)17-7-10-19(25)11-8-17/h4-14H,3,15H2,1-2H3. The number of aromatic nitrogens is 3. The number of rotatable bonds is 6. The van der Waals surface area contributed by atoms with Gasteiger partial charge in [-0.3, -0.25) is 9.59 Å². The van der Waals surface area contributed by atoms with E-state index in [-0.39, 0.29) is 23.9 Å². The predicted molar refractivity (Wildman–Crippen MR) is 124 cm³/mol. The van der Waals surface area contributed by atoms with E-state index in [4.69, 9.17) is 16.1 Å². The SMILES string of the molecule is CCN(C(=O)Cn1cc(-c2nc(-c3ccc(Cl)cc3)no2)ccc1=O)c1cccc(C)c1. The second kappa shape index (κ2) is 9.20. The fourth-order valence-corrected chi connectivity index (χ4v) is 3.49. The van der Waals surface area contributed by atoms with Crippen LogP contribution in [0.15, 0.2) is 76.2 Å². The average molecular weight is 449 g/mol. The van der Waals surface area contributed by atoms with Gasteiger partial charge in [-0.15, -0.1) is 0 Å². The van der Waals surface area contributed by atoms with E-state index in [1.807, 2.05) is 38.1 Å². The molecule has 0 bridgehead atoms. The van der Waals surface area contributed by atoms with Gasteiger partial charge in [0.1, 0.15) is 6.54 Å². The summed E-state index contributed by atoms with van der Waals surface area (Å²) in [4.78, 5) is 31.4. The van der Waals surface area contributed by atoms with E-state index in [0.717, 1.165) is 16.8 Å². The number of hydrogen-bond donors (Lipinski definition) is 0. The quantitative estimate of drug-likeness (QED) is 0.431. The van der Waals surface area contributed by atoms with Crippen molar-refractivity contribution in [3.05, 3.63) is 87.8 Å². The van der Waals surface area contributed by atoms with Crippen LogP contribution >= 0.6 is 11.6 Å². The maximum atomic E-state index is 13.0. The Labute approximate surface area is 189 Å². The molecule has 0 atom stereocenters. The van der Waals surface area contributed by atoms with Gasteiger partial charge in [-0.25, -0.2) is 0 Å². The maximum Gasteiger partial charge on any atom is 0.259 e. The number of pyridine rings is 1. The van der Waals surface area contributed by atoms with Crippen molar-refractivity contribution >= 4 is 23.2 Å². The zero-order valence-corrected chi connectivity index (χ0v) is 18.4. The normalized spacial score (nSPS) is 10.8. The summed E-state index contributed by atoms with van der Waals surface area (Å²) in [6.07, 6.45) is 1.56. The number of anilines is 1. The lowest BCUT2D eigenvalue weighted by molar-refractivity contribution is -0.119. The van der Waals surface area contributed by atoms with Crippen LogP contribution in [0.5, 0.6) is 0 Å². The molecule has 0 saturated heterocycles. The summed E-state index contributed by atoms with van der Waals surface area (Å²) in [6, 6.07) is 17.8. The number of carbonyl (C=O) groups excluding carboxylic acids is 1. The van der Waals surface area contributed by atoms with E-state index >= 15 is 0 Å². The van der Waals surface area contributed by atoms with Crippen LogP contribution < -0.4 is 10.5 Å². The van der Waals surface area contributed by atoms with Crippen molar-refractivity contribution in [2.75, 3.05) is 11.4 Å². The van der Waals surface area contributed by atoms with E-state index in [2.05, 4.69) is 10.1 Å². The highest BCUT2D eigenvalue weighted by Crippen LogP contribution is 2.23. The first-order valence-electron chi connectivity index (χ1n) is 10.1. The van der Waals surface area contributed by atoms with Crippen LogP contribution in [-0.4, -0.2) is 27.2 Å². The van der Waals surface area contributed by atoms with Crippen molar-refractivity contribution in [2.24, 2.45) is 0 Å². The Morgan fingerprint density at radius 2 is 1.84 bits per heavy atom. The van der Waals surface area contributed by atoms with Gasteiger partial charge in [0.25, 0.3) is 11.4 Å². The summed E-state index contributed by atoms with van der Waals surface area (Å²) in [6.45, 7) is 4.26. The van der Waals surface area contributed by atoms with Crippen LogP contribution in [0.1, 0.15) is 12.5 Å². The third-order valence-electron chi connectivity index (χ3n) is 5.00. The van der Waals surface area contributed by atoms with Crippen LogP contribution in [0.4, 0.5) is 5.69 Å². The smallest absolute Gasteiger partial charge is 0.259 e. The monoisotopic (exact) mass is 448 g/mol. The molecule has 0 N–H and O–H groups in total. The molecule has 0 aliphatic carbocycles. The molecule has 0 aliphatic rings. The highest BCUT2D eigenvalue weighted by Gasteiger charge is 2.17. The summed E-state index contributed by atoms with van der Waals surface area (Å²) in [5.41, 5.74) is 2.86. The van der Waals surface area contributed by atoms with Gasteiger partial charge in [0.2, 0.25) is 11.7 Å². The van der Waals surface area contributed by atoms with Crippen molar-refractivity contribution in [2.45, 2.75) is 20.4 Å². The number of amides is 1. The van der Waals surface area contributed by atoms with Crippen LogP contribution in [-0.2, 0) is 11.3 Å². The summed E-state index contributed by atoms with van der Waals surface area (Å²) in [5, 5.41) is 4.62. The van der Waals surface area contributed by atoms with Gasteiger partial charge in [-0.2, -0.15) is 4.98 Å². The van der Waals surface area contributed by atoms with Crippen molar-refractivity contribution in [1.82, 2.24) is 14.7 Å². The largest absolute Gasteiger partial charge is 0.334 e. The number of hydrogen-bond acceptors (Lipinski definition) is 5. The Morgan fingerprint density at radius 3 is 2.56 bits per heavy atom. The van der Waals surface area contributed by atoms with Crippen molar-refractivity contribution in [3.63, 3.8) is 0 Å². The third-order valence-corrected chi connectivity index (χ3v) is 5.25. The van der Waals surface area contributed by atoms with Crippen molar-refractivity contribution < 1.29 is 9.32 Å². The summed E-state index contributed by atoms with van der Waals surface area (Å²) < 4.78 is 6.73. The van der Waals surface area contributed by atoms with Crippen LogP contribution in [0.2, 0.25) is 5.02 Å². The molecule has 0 spiro atoms. The van der Waals surface area contributed by atoms with Crippen LogP contribution in [0.25, 0.3) is 22.8 Å². The van der Waals surface area contributed by atoms with Gasteiger partial charge in [-0.05, 0) is 61.9 Å². The molecule has 0 fully saturated rings. The molecule has 0 radical (unpaired) electrons. The molecule has 0 saturated carbocycles. The first kappa shape index (κ1) is 21.5. The molecule has 2 aromatic carbocycles. The third kappa shape index (κ3) is 4.63. The van der Waals surface area contributed by atoms with E-state index in [0.29, 0.717) is 23.0 Å². The van der Waals surface area contributed by atoms with Crippen LogP contribution in [0.3, 0.4) is 0 Å². The molecule has 7 nitrogen and oxygen atoms in total. The molecule has 162 valence electrons. The number of nitrogens with zero attached hydrogens (tertiary/aromatic N) is 4. The number of halogens is 1. The molecule has 2 aromatic heterocycles. The number of aryl methyl sites for hydroxylation is 1. The zero-order chi connectivity index (χ0) is 22.7. The lowest BCUT2D eigenvalue weighted by atomic mass is 10.2. The summed E-state index contributed by atoms with van der Waals surface area (Å²) in [5.74, 6) is 0.467.